The van der Waals surface area contributed by atoms with E-state index in [9.17, 15) is 22.3 Å². The van der Waals surface area contributed by atoms with Gasteiger partial charge in [-0.1, -0.05) is 12.1 Å². The number of likely N-dealkylation sites (N-methyl/N-ethyl adjacent to an activating group) is 1. The number of ether oxygens (including phenoxy) is 2. The second-order valence-electron chi connectivity index (χ2n) is 10.8. The number of hydrogen-bond donors (Lipinski definition) is 2. The zero-order valence-corrected chi connectivity index (χ0v) is 24.7. The van der Waals surface area contributed by atoms with Crippen LogP contribution in [0.25, 0.3) is 10.9 Å². The molecule has 1 aliphatic rings. The molecule has 3 aromatic rings. The molecule has 0 bridgehead atoms. The van der Waals surface area contributed by atoms with Crippen LogP contribution in [0.3, 0.4) is 0 Å². The van der Waals surface area contributed by atoms with Gasteiger partial charge < -0.3 is 19.9 Å². The second kappa shape index (κ2) is 11.3. The van der Waals surface area contributed by atoms with Gasteiger partial charge in [-0.15, -0.1) is 0 Å². The Morgan fingerprint density at radius 2 is 1.88 bits per heavy atom. The lowest BCUT2D eigenvalue weighted by Gasteiger charge is -2.30. The Hall–Kier alpha value is -3.16. The molecule has 0 amide bonds. The maximum absolute atomic E-state index is 15.4. The summed E-state index contributed by atoms with van der Waals surface area (Å²) in [4.78, 5) is 8.90. The van der Waals surface area contributed by atoms with Crippen LogP contribution >= 0.6 is 0 Å². The number of methoxy groups -OCH3 is 1. The third-order valence-corrected chi connectivity index (χ3v) is 9.46. The van der Waals surface area contributed by atoms with Gasteiger partial charge in [0.15, 0.2) is 11.5 Å². The number of benzene rings is 2. The first-order valence-electron chi connectivity index (χ1n) is 13.2. The number of rotatable bonds is 12. The molecule has 2 N–H and O–H groups in total. The molecule has 13 heteroatoms. The predicted octanol–water partition coefficient (Wildman–Crippen LogP) is 4.92. The summed E-state index contributed by atoms with van der Waals surface area (Å²) < 4.78 is 82.6. The Kier molecular flexibility index (Phi) is 8.45. The van der Waals surface area contributed by atoms with Crippen molar-refractivity contribution in [2.75, 3.05) is 32.6 Å². The van der Waals surface area contributed by atoms with Gasteiger partial charge in [-0.3, -0.25) is 0 Å². The lowest BCUT2D eigenvalue weighted by molar-refractivity contribution is -0.170. The van der Waals surface area contributed by atoms with E-state index in [1.807, 2.05) is 0 Å². The van der Waals surface area contributed by atoms with Gasteiger partial charge in [0.1, 0.15) is 29.7 Å². The predicted molar refractivity (Wildman–Crippen MR) is 150 cm³/mol. The molecular weight excluding hydrogens is 561 g/mol. The molecule has 0 radical (unpaired) electrons. The smallest absolute Gasteiger partial charge is 0.303 e. The fraction of sp³-hybridized carbons (Fsp3) is 0.500. The number of anilines is 1. The Balaban J connectivity index is 1.63. The molecule has 1 heterocycles. The van der Waals surface area contributed by atoms with Crippen molar-refractivity contribution in [1.82, 2.24) is 14.3 Å². The van der Waals surface area contributed by atoms with Crippen molar-refractivity contribution < 1.29 is 36.2 Å². The highest BCUT2D eigenvalue weighted by molar-refractivity contribution is 7.90. The number of fused-ring (bicyclic) bond motifs is 1. The van der Waals surface area contributed by atoms with E-state index in [-0.39, 0.29) is 24.0 Å². The molecule has 224 valence electrons. The zero-order valence-electron chi connectivity index (χ0n) is 23.8. The lowest BCUT2D eigenvalue weighted by atomic mass is 9.91. The molecule has 9 nitrogen and oxygen atoms in total. The van der Waals surface area contributed by atoms with Crippen LogP contribution in [0.2, 0.25) is 0 Å². The lowest BCUT2D eigenvalue weighted by Crippen LogP contribution is -2.41. The third-order valence-electron chi connectivity index (χ3n) is 7.09. The van der Waals surface area contributed by atoms with E-state index in [1.54, 1.807) is 26.0 Å². The summed E-state index contributed by atoms with van der Waals surface area (Å²) in [6.45, 7) is 5.32. The summed E-state index contributed by atoms with van der Waals surface area (Å²) in [6, 6.07) is 6.12. The van der Waals surface area contributed by atoms with E-state index in [1.165, 1.54) is 30.6 Å². The first kappa shape index (κ1) is 30.8. The number of halogens is 3. The summed E-state index contributed by atoms with van der Waals surface area (Å²) >= 11 is 0. The van der Waals surface area contributed by atoms with Gasteiger partial charge in [-0.05, 0) is 52.7 Å². The fourth-order valence-corrected chi connectivity index (χ4v) is 5.98. The standard InChI is InChI=1S/C28H35F3N4O5S/c1-16(19-8-7-9-21(25(19)29)28(30,31)27(3,4)36)32-26-20-14-24(23(39-6)15-22(20)33-17(2)34-26)40-13-12-35(5)41(37,38)18-10-11-18/h7-9,14-16,18,36H,10-13H2,1-6H3,(H,32,33,34)/t16-/m1/s1. The second-order valence-corrected chi connectivity index (χ2v) is 13.1. The van der Waals surface area contributed by atoms with Gasteiger partial charge in [0.2, 0.25) is 10.0 Å². The highest BCUT2D eigenvalue weighted by Gasteiger charge is 2.49. The Morgan fingerprint density at radius 3 is 2.49 bits per heavy atom. The van der Waals surface area contributed by atoms with Crippen LogP contribution in [-0.4, -0.2) is 66.0 Å². The summed E-state index contributed by atoms with van der Waals surface area (Å²) in [5.74, 6) is -3.57. The maximum Gasteiger partial charge on any atom is 0.303 e. The minimum atomic E-state index is -3.83. The number of sulfonamides is 1. The molecule has 1 aromatic heterocycles. The summed E-state index contributed by atoms with van der Waals surface area (Å²) in [6.07, 6.45) is 1.32. The van der Waals surface area contributed by atoms with Gasteiger partial charge in [0.05, 0.1) is 29.5 Å². The Bertz CT molecular complexity index is 1540. The molecule has 0 aliphatic heterocycles. The number of nitrogens with zero attached hydrogens (tertiary/aromatic N) is 3. The molecule has 1 saturated carbocycles. The summed E-state index contributed by atoms with van der Waals surface area (Å²) in [5, 5.41) is 13.2. The number of aliphatic hydroxyl groups is 1. The quantitative estimate of drug-likeness (QED) is 0.303. The SMILES string of the molecule is COc1cc2nc(C)nc(N[C@H](C)c3cccc(C(F)(F)C(C)(C)O)c3F)c2cc1OCCN(C)S(=O)(=O)C1CC1. The van der Waals surface area contributed by atoms with E-state index < -0.39 is 39.0 Å². The Labute approximate surface area is 237 Å². The zero-order chi connectivity index (χ0) is 30.3. The molecular formula is C28H35F3N4O5S. The van der Waals surface area contributed by atoms with Gasteiger partial charge in [0, 0.05) is 30.6 Å². The van der Waals surface area contributed by atoms with Gasteiger partial charge >= 0.3 is 5.92 Å². The van der Waals surface area contributed by atoms with E-state index in [4.69, 9.17) is 9.47 Å². The highest BCUT2D eigenvalue weighted by atomic mass is 32.2. The van der Waals surface area contributed by atoms with Crippen LogP contribution in [0.15, 0.2) is 30.3 Å². The van der Waals surface area contributed by atoms with E-state index in [0.717, 1.165) is 19.9 Å². The molecule has 1 atom stereocenters. The van der Waals surface area contributed by atoms with Gasteiger partial charge in [-0.2, -0.15) is 8.78 Å². The van der Waals surface area contributed by atoms with Gasteiger partial charge in [-0.25, -0.2) is 27.1 Å². The number of alkyl halides is 2. The number of aromatic nitrogens is 2. The molecule has 2 aromatic carbocycles. The molecule has 41 heavy (non-hydrogen) atoms. The first-order valence-corrected chi connectivity index (χ1v) is 14.7. The van der Waals surface area contributed by atoms with Crippen LogP contribution in [0, 0.1) is 12.7 Å². The minimum absolute atomic E-state index is 0.0410. The molecule has 1 aliphatic carbocycles. The first-order chi connectivity index (χ1) is 19.1. The van der Waals surface area contributed by atoms with Crippen molar-refractivity contribution in [2.24, 2.45) is 0 Å². The minimum Gasteiger partial charge on any atom is -0.493 e. The van der Waals surface area contributed by atoms with Crippen molar-refractivity contribution in [2.45, 2.75) is 63.4 Å². The van der Waals surface area contributed by atoms with Crippen LogP contribution in [0.1, 0.15) is 56.6 Å². The number of nitrogens with one attached hydrogen (secondary N) is 1. The fourth-order valence-electron chi connectivity index (χ4n) is 4.41. The van der Waals surface area contributed by atoms with Gasteiger partial charge in [0.25, 0.3) is 0 Å². The van der Waals surface area contributed by atoms with Crippen molar-refractivity contribution in [3.63, 3.8) is 0 Å². The van der Waals surface area contributed by atoms with E-state index >= 15 is 4.39 Å². The molecule has 0 unspecified atom stereocenters. The topological polar surface area (TPSA) is 114 Å². The van der Waals surface area contributed by atoms with E-state index in [2.05, 4.69) is 15.3 Å². The third kappa shape index (κ3) is 6.21. The molecule has 4 rings (SSSR count). The van der Waals surface area contributed by atoms with Crippen molar-refractivity contribution in [3.05, 3.63) is 53.1 Å². The van der Waals surface area contributed by atoms with Crippen molar-refractivity contribution in [3.8, 4) is 11.5 Å². The average molecular weight is 597 g/mol. The number of hydrogen-bond acceptors (Lipinski definition) is 8. The molecule has 0 saturated heterocycles. The number of aryl methyl sites for hydroxylation is 1. The van der Waals surface area contributed by atoms with E-state index in [0.29, 0.717) is 46.9 Å². The average Bonchev–Trinajstić information content (AvgIpc) is 3.74. The van der Waals surface area contributed by atoms with Crippen LogP contribution in [0.4, 0.5) is 19.0 Å². The van der Waals surface area contributed by atoms with Crippen LogP contribution < -0.4 is 14.8 Å². The summed E-state index contributed by atoms with van der Waals surface area (Å²) in [7, 11) is -0.367. The van der Waals surface area contributed by atoms with Crippen molar-refractivity contribution in [1.29, 1.82) is 0 Å². The summed E-state index contributed by atoms with van der Waals surface area (Å²) in [5.41, 5.74) is -2.93. The largest absolute Gasteiger partial charge is 0.493 e. The van der Waals surface area contributed by atoms with Crippen LogP contribution in [0.5, 0.6) is 11.5 Å². The maximum atomic E-state index is 15.4. The normalized spacial score (nSPS) is 15.3. The van der Waals surface area contributed by atoms with Crippen molar-refractivity contribution >= 4 is 26.7 Å². The Morgan fingerprint density at radius 1 is 1.20 bits per heavy atom. The molecule has 1 fully saturated rings. The van der Waals surface area contributed by atoms with Crippen LogP contribution in [-0.2, 0) is 15.9 Å². The highest BCUT2D eigenvalue weighted by Crippen LogP contribution is 2.42. The monoisotopic (exact) mass is 596 g/mol. The molecule has 0 spiro atoms.